The molecule has 24 heavy (non-hydrogen) atoms. The maximum atomic E-state index is 12.2. The van der Waals surface area contributed by atoms with Crippen molar-refractivity contribution in [1.29, 1.82) is 0 Å². The third kappa shape index (κ3) is 3.62. The number of esters is 1. The van der Waals surface area contributed by atoms with Crippen LogP contribution in [0.25, 0.3) is 0 Å². The Morgan fingerprint density at radius 3 is 2.33 bits per heavy atom. The van der Waals surface area contributed by atoms with Crippen molar-refractivity contribution in [2.75, 3.05) is 0 Å². The molecule has 0 spiro atoms. The molecule has 0 bridgehead atoms. The molecule has 2 aromatic rings. The molecule has 0 aliphatic heterocycles. The molecule has 1 aliphatic rings. The molecular weight excluding hydrogens is 306 g/mol. The molecule has 0 amide bonds. The average molecular weight is 325 g/mol. The predicted molar refractivity (Wildman–Crippen MR) is 90.3 cm³/mol. The number of hydrogen-bond donors (Lipinski definition) is 0. The number of nitrogens with zero attached hydrogens (tertiary/aromatic N) is 1. The van der Waals surface area contributed by atoms with Crippen LogP contribution in [0.4, 0.5) is 5.69 Å². The highest BCUT2D eigenvalue weighted by atomic mass is 16.6. The van der Waals surface area contributed by atoms with Crippen molar-refractivity contribution < 1.29 is 14.5 Å². The van der Waals surface area contributed by atoms with Crippen LogP contribution in [-0.2, 0) is 0 Å². The molecule has 0 heterocycles. The number of ether oxygens (including phenoxy) is 1. The van der Waals surface area contributed by atoms with E-state index in [-0.39, 0.29) is 11.3 Å². The third-order valence-corrected chi connectivity index (χ3v) is 4.49. The Hall–Kier alpha value is -2.69. The summed E-state index contributed by atoms with van der Waals surface area (Å²) in [5.74, 6) is 0.268. The van der Waals surface area contributed by atoms with Crippen LogP contribution in [0.15, 0.2) is 48.5 Å². The van der Waals surface area contributed by atoms with Crippen LogP contribution in [0, 0.1) is 10.1 Å². The van der Waals surface area contributed by atoms with E-state index in [1.807, 2.05) is 12.1 Å². The lowest BCUT2D eigenvalue weighted by Crippen LogP contribution is -2.11. The van der Waals surface area contributed by atoms with Crippen molar-refractivity contribution in [3.8, 4) is 5.75 Å². The molecule has 124 valence electrons. The molecule has 0 atom stereocenters. The van der Waals surface area contributed by atoms with Crippen molar-refractivity contribution >= 4 is 11.7 Å². The van der Waals surface area contributed by atoms with Gasteiger partial charge in [-0.2, -0.15) is 0 Å². The summed E-state index contributed by atoms with van der Waals surface area (Å²) in [4.78, 5) is 22.6. The van der Waals surface area contributed by atoms with Gasteiger partial charge in [0.2, 0.25) is 0 Å². The van der Waals surface area contributed by atoms with Crippen LogP contribution in [0.1, 0.15) is 53.9 Å². The minimum atomic E-state index is -0.715. The van der Waals surface area contributed by atoms with Gasteiger partial charge in [0, 0.05) is 6.07 Å². The number of carbonyl (C=O) groups is 1. The molecule has 0 saturated heterocycles. The Labute approximate surface area is 140 Å². The van der Waals surface area contributed by atoms with Gasteiger partial charge in [-0.1, -0.05) is 43.5 Å². The fourth-order valence-corrected chi connectivity index (χ4v) is 3.21. The topological polar surface area (TPSA) is 69.4 Å². The van der Waals surface area contributed by atoms with Crippen LogP contribution >= 0.6 is 0 Å². The molecule has 0 aromatic heterocycles. The highest BCUT2D eigenvalue weighted by molar-refractivity contribution is 5.95. The first-order chi connectivity index (χ1) is 11.6. The van der Waals surface area contributed by atoms with Crippen LogP contribution in [0.5, 0.6) is 5.75 Å². The number of rotatable bonds is 4. The SMILES string of the molecule is O=C(Oc1ccc(C2CCCCC2)cc1)c1ccccc1[N+](=O)[O-]. The average Bonchev–Trinajstić information content (AvgIpc) is 2.63. The first kappa shape index (κ1) is 16.2. The minimum Gasteiger partial charge on any atom is -0.423 e. The van der Waals surface area contributed by atoms with E-state index < -0.39 is 10.9 Å². The summed E-state index contributed by atoms with van der Waals surface area (Å²) in [6.45, 7) is 0. The van der Waals surface area contributed by atoms with Gasteiger partial charge in [-0.15, -0.1) is 0 Å². The van der Waals surface area contributed by atoms with E-state index in [1.54, 1.807) is 18.2 Å². The van der Waals surface area contributed by atoms with E-state index >= 15 is 0 Å². The van der Waals surface area contributed by atoms with Gasteiger partial charge in [0.15, 0.2) is 0 Å². The summed E-state index contributed by atoms with van der Waals surface area (Å²) in [6.07, 6.45) is 6.24. The molecule has 1 saturated carbocycles. The van der Waals surface area contributed by atoms with Crippen molar-refractivity contribution in [3.63, 3.8) is 0 Å². The molecule has 1 aliphatic carbocycles. The van der Waals surface area contributed by atoms with Crippen molar-refractivity contribution in [2.24, 2.45) is 0 Å². The molecule has 3 rings (SSSR count). The smallest absolute Gasteiger partial charge is 0.350 e. The van der Waals surface area contributed by atoms with Gasteiger partial charge < -0.3 is 4.74 Å². The van der Waals surface area contributed by atoms with Crippen LogP contribution in [0.3, 0.4) is 0 Å². The van der Waals surface area contributed by atoms with E-state index in [1.165, 1.54) is 55.9 Å². The monoisotopic (exact) mass is 325 g/mol. The summed E-state index contributed by atoms with van der Waals surface area (Å²) in [7, 11) is 0. The lowest BCUT2D eigenvalue weighted by Gasteiger charge is -2.22. The first-order valence-electron chi connectivity index (χ1n) is 8.21. The Morgan fingerprint density at radius 1 is 1.00 bits per heavy atom. The normalized spacial score (nSPS) is 15.0. The maximum absolute atomic E-state index is 12.2. The van der Waals surface area contributed by atoms with Crippen molar-refractivity contribution in [1.82, 2.24) is 0 Å². The number of nitro groups is 1. The van der Waals surface area contributed by atoms with Gasteiger partial charge in [-0.3, -0.25) is 10.1 Å². The standard InChI is InChI=1S/C19H19NO4/c21-19(17-8-4-5-9-18(17)20(22)23)24-16-12-10-15(11-13-16)14-6-2-1-3-7-14/h4-5,8-14H,1-3,6-7H2. The molecular formula is C19H19NO4. The molecule has 5 nitrogen and oxygen atoms in total. The lowest BCUT2D eigenvalue weighted by molar-refractivity contribution is -0.385. The van der Waals surface area contributed by atoms with E-state index in [2.05, 4.69) is 0 Å². The van der Waals surface area contributed by atoms with Crippen molar-refractivity contribution in [3.05, 3.63) is 69.8 Å². The van der Waals surface area contributed by atoms with Gasteiger partial charge in [-0.25, -0.2) is 4.79 Å². The van der Waals surface area contributed by atoms with E-state index in [9.17, 15) is 14.9 Å². The third-order valence-electron chi connectivity index (χ3n) is 4.49. The molecule has 5 heteroatoms. The van der Waals surface area contributed by atoms with Crippen molar-refractivity contribution in [2.45, 2.75) is 38.0 Å². The molecule has 0 unspecified atom stereocenters. The van der Waals surface area contributed by atoms with Crippen LogP contribution in [0.2, 0.25) is 0 Å². The summed E-state index contributed by atoms with van der Waals surface area (Å²) in [5, 5.41) is 11.0. The summed E-state index contributed by atoms with van der Waals surface area (Å²) in [5.41, 5.74) is 0.973. The number of para-hydroxylation sites is 1. The number of hydrogen-bond acceptors (Lipinski definition) is 4. The Morgan fingerprint density at radius 2 is 1.67 bits per heavy atom. The fourth-order valence-electron chi connectivity index (χ4n) is 3.21. The first-order valence-corrected chi connectivity index (χ1v) is 8.21. The van der Waals surface area contributed by atoms with Gasteiger partial charge in [-0.05, 0) is 42.5 Å². The fraction of sp³-hybridized carbons (Fsp3) is 0.316. The highest BCUT2D eigenvalue weighted by Gasteiger charge is 2.21. The Balaban J connectivity index is 1.72. The minimum absolute atomic E-state index is 0.0427. The second-order valence-corrected chi connectivity index (χ2v) is 6.07. The Kier molecular flexibility index (Phi) is 4.89. The lowest BCUT2D eigenvalue weighted by atomic mass is 9.84. The van der Waals surface area contributed by atoms with E-state index in [4.69, 9.17) is 4.74 Å². The summed E-state index contributed by atoms with van der Waals surface area (Å²) < 4.78 is 5.29. The van der Waals surface area contributed by atoms with Gasteiger partial charge in [0.25, 0.3) is 5.69 Å². The second-order valence-electron chi connectivity index (χ2n) is 6.07. The molecule has 1 fully saturated rings. The van der Waals surface area contributed by atoms with E-state index in [0.717, 1.165) is 0 Å². The predicted octanol–water partition coefficient (Wildman–Crippen LogP) is 4.86. The molecule has 0 N–H and O–H groups in total. The van der Waals surface area contributed by atoms with Gasteiger partial charge in [0.05, 0.1) is 4.92 Å². The molecule has 0 radical (unpaired) electrons. The van der Waals surface area contributed by atoms with Gasteiger partial charge >= 0.3 is 5.97 Å². The highest BCUT2D eigenvalue weighted by Crippen LogP contribution is 2.33. The summed E-state index contributed by atoms with van der Waals surface area (Å²) >= 11 is 0. The van der Waals surface area contributed by atoms with Gasteiger partial charge in [0.1, 0.15) is 11.3 Å². The van der Waals surface area contributed by atoms with Crippen LogP contribution < -0.4 is 4.74 Å². The maximum Gasteiger partial charge on any atom is 0.350 e. The zero-order valence-corrected chi connectivity index (χ0v) is 13.3. The number of nitro benzene ring substituents is 1. The zero-order valence-electron chi connectivity index (χ0n) is 13.3. The Bertz CT molecular complexity index is 733. The second kappa shape index (κ2) is 7.25. The summed E-state index contributed by atoms with van der Waals surface area (Å²) in [6, 6.07) is 13.3. The number of benzene rings is 2. The van der Waals surface area contributed by atoms with E-state index in [0.29, 0.717) is 11.7 Å². The number of carbonyl (C=O) groups excluding carboxylic acids is 1. The largest absolute Gasteiger partial charge is 0.423 e. The van der Waals surface area contributed by atoms with Crippen LogP contribution in [-0.4, -0.2) is 10.9 Å². The zero-order chi connectivity index (χ0) is 16.9. The quantitative estimate of drug-likeness (QED) is 0.348. The molecule has 2 aromatic carbocycles.